The van der Waals surface area contributed by atoms with Crippen LogP contribution in [0.5, 0.6) is 0 Å². The van der Waals surface area contributed by atoms with Gasteiger partial charge in [0.15, 0.2) is 0 Å². The van der Waals surface area contributed by atoms with Crippen molar-refractivity contribution >= 4 is 23.4 Å². The topological polar surface area (TPSA) is 81.8 Å². The molecule has 0 atom stereocenters. The van der Waals surface area contributed by atoms with Crippen molar-refractivity contribution in [1.82, 2.24) is 10.4 Å². The summed E-state index contributed by atoms with van der Waals surface area (Å²) < 4.78 is 0. The van der Waals surface area contributed by atoms with Crippen LogP contribution in [0.4, 0.5) is 11.4 Å². The largest absolute Gasteiger partial charge is 0.397 e. The molecule has 0 heterocycles. The number of hydroxylamine groups is 1. The van der Waals surface area contributed by atoms with Gasteiger partial charge in [0.25, 0.3) is 5.91 Å². The second kappa shape index (κ2) is 16.9. The molecular weight excluding hydrogens is 436 g/mol. The summed E-state index contributed by atoms with van der Waals surface area (Å²) in [6.45, 7) is 9.08. The van der Waals surface area contributed by atoms with Gasteiger partial charge in [-0.25, -0.2) is 5.48 Å². The van der Waals surface area contributed by atoms with Crippen LogP contribution in [0.15, 0.2) is 90.6 Å². The van der Waals surface area contributed by atoms with Gasteiger partial charge in [-0.3, -0.25) is 14.9 Å². The van der Waals surface area contributed by atoms with E-state index < -0.39 is 5.91 Å². The molecule has 2 rings (SSSR count). The van der Waals surface area contributed by atoms with E-state index in [0.717, 1.165) is 30.9 Å². The first-order valence-electron chi connectivity index (χ1n) is 11.7. The first-order valence-corrected chi connectivity index (χ1v) is 11.7. The van der Waals surface area contributed by atoms with Crippen LogP contribution in [-0.2, 0) is 11.3 Å². The fourth-order valence-corrected chi connectivity index (χ4v) is 3.23. The molecular formula is C29H40N4O2. The van der Waals surface area contributed by atoms with Gasteiger partial charge in [0.2, 0.25) is 0 Å². The number of rotatable bonds is 10. The Morgan fingerprint density at radius 3 is 2.40 bits per heavy atom. The van der Waals surface area contributed by atoms with Crippen LogP contribution in [0, 0.1) is 0 Å². The van der Waals surface area contributed by atoms with E-state index in [-0.39, 0.29) is 0 Å². The van der Waals surface area contributed by atoms with Gasteiger partial charge in [-0.15, -0.1) is 0 Å². The second-order valence-corrected chi connectivity index (χ2v) is 8.22. The lowest BCUT2D eigenvalue weighted by Crippen LogP contribution is -2.19. The van der Waals surface area contributed by atoms with Gasteiger partial charge in [0, 0.05) is 32.8 Å². The summed E-state index contributed by atoms with van der Waals surface area (Å²) in [5, 5.41) is 8.33. The van der Waals surface area contributed by atoms with Crippen molar-refractivity contribution in [2.24, 2.45) is 0 Å². The van der Waals surface area contributed by atoms with Crippen molar-refractivity contribution in [1.29, 1.82) is 0 Å². The Morgan fingerprint density at radius 2 is 1.80 bits per heavy atom. The standard InChI is InChI=1S/C17H23N.C12H17N3O2/c1-4-5-6-8-11-16(2)14-18(3)15-17-12-9-7-10-13-17;1-3-15(2)11-6-4-9(8-10(11)13)5-7-12(16)14-17/h4-13H,14-15H2,1-3H3;4-8,17H,3,13H2,1-2H3,(H,14,16)/b5-4-,8-6-,16-11+;7-5+. The zero-order chi connectivity index (χ0) is 26.1. The first kappa shape index (κ1) is 29.4. The van der Waals surface area contributed by atoms with E-state index in [9.17, 15) is 4.79 Å². The highest BCUT2D eigenvalue weighted by Gasteiger charge is 2.03. The number of nitrogen functional groups attached to an aromatic ring is 1. The van der Waals surface area contributed by atoms with Gasteiger partial charge in [-0.2, -0.15) is 0 Å². The van der Waals surface area contributed by atoms with Gasteiger partial charge in [-0.1, -0.05) is 72.4 Å². The number of carbonyl (C=O) groups excluding carboxylic acids is 1. The number of likely N-dealkylation sites (N-methyl/N-ethyl adjacent to an activating group) is 1. The monoisotopic (exact) mass is 476 g/mol. The van der Waals surface area contributed by atoms with Crippen molar-refractivity contribution in [2.45, 2.75) is 27.3 Å². The van der Waals surface area contributed by atoms with Crippen LogP contribution in [0.1, 0.15) is 31.9 Å². The highest BCUT2D eigenvalue weighted by molar-refractivity contribution is 5.91. The van der Waals surface area contributed by atoms with Crippen molar-refractivity contribution in [3.05, 3.63) is 102 Å². The van der Waals surface area contributed by atoms with E-state index in [2.05, 4.69) is 67.4 Å². The molecule has 2 aromatic rings. The molecule has 188 valence electrons. The molecule has 0 aliphatic carbocycles. The molecule has 6 heteroatoms. The summed E-state index contributed by atoms with van der Waals surface area (Å²) in [5.74, 6) is -0.571. The van der Waals surface area contributed by atoms with Gasteiger partial charge in [0.05, 0.1) is 11.4 Å². The summed E-state index contributed by atoms with van der Waals surface area (Å²) in [5.41, 5.74) is 12.6. The summed E-state index contributed by atoms with van der Waals surface area (Å²) in [6.07, 6.45) is 13.2. The van der Waals surface area contributed by atoms with Crippen LogP contribution in [-0.4, -0.2) is 43.2 Å². The van der Waals surface area contributed by atoms with Crippen LogP contribution < -0.4 is 16.1 Å². The maximum Gasteiger partial charge on any atom is 0.267 e. The number of anilines is 2. The maximum atomic E-state index is 10.8. The van der Waals surface area contributed by atoms with E-state index in [1.54, 1.807) is 12.1 Å². The third-order valence-electron chi connectivity index (χ3n) is 5.08. The minimum absolute atomic E-state index is 0.571. The van der Waals surface area contributed by atoms with Gasteiger partial charge >= 0.3 is 0 Å². The molecule has 0 bridgehead atoms. The highest BCUT2D eigenvalue weighted by Crippen LogP contribution is 2.23. The average molecular weight is 477 g/mol. The number of carbonyl (C=O) groups is 1. The average Bonchev–Trinajstić information content (AvgIpc) is 2.85. The predicted molar refractivity (Wildman–Crippen MR) is 149 cm³/mol. The molecule has 1 amide bonds. The molecule has 6 nitrogen and oxygen atoms in total. The van der Waals surface area contributed by atoms with Crippen molar-refractivity contribution in [2.75, 3.05) is 37.8 Å². The Morgan fingerprint density at radius 1 is 1.09 bits per heavy atom. The molecule has 0 aliphatic rings. The normalized spacial score (nSPS) is 11.8. The van der Waals surface area contributed by atoms with Crippen molar-refractivity contribution < 1.29 is 10.0 Å². The van der Waals surface area contributed by atoms with E-state index in [1.807, 2.05) is 50.1 Å². The Labute approximate surface area is 210 Å². The Kier molecular flexibility index (Phi) is 14.2. The molecule has 0 radical (unpaired) electrons. The van der Waals surface area contributed by atoms with E-state index in [0.29, 0.717) is 5.69 Å². The molecule has 0 saturated heterocycles. The number of allylic oxidation sites excluding steroid dienone is 5. The predicted octanol–water partition coefficient (Wildman–Crippen LogP) is 5.44. The molecule has 0 saturated carbocycles. The number of benzene rings is 2. The molecule has 4 N–H and O–H groups in total. The second-order valence-electron chi connectivity index (χ2n) is 8.22. The maximum absolute atomic E-state index is 10.8. The number of nitrogens with one attached hydrogen (secondary N) is 1. The lowest BCUT2D eigenvalue weighted by atomic mass is 10.1. The number of nitrogens with zero attached hydrogens (tertiary/aromatic N) is 2. The molecule has 35 heavy (non-hydrogen) atoms. The molecule has 0 aromatic heterocycles. The zero-order valence-corrected chi connectivity index (χ0v) is 21.6. The summed E-state index contributed by atoms with van der Waals surface area (Å²) in [4.78, 5) is 15.2. The van der Waals surface area contributed by atoms with Gasteiger partial charge < -0.3 is 10.6 Å². The van der Waals surface area contributed by atoms with Crippen molar-refractivity contribution in [3.63, 3.8) is 0 Å². The molecule has 0 fully saturated rings. The number of nitrogens with two attached hydrogens (primary N) is 1. The molecule has 0 unspecified atom stereocenters. The van der Waals surface area contributed by atoms with Gasteiger partial charge in [-0.05, 0) is 57.2 Å². The molecule has 0 aliphatic heterocycles. The van der Waals surface area contributed by atoms with Crippen LogP contribution in [0.3, 0.4) is 0 Å². The number of hydrogen-bond acceptors (Lipinski definition) is 5. The van der Waals surface area contributed by atoms with Crippen molar-refractivity contribution in [3.8, 4) is 0 Å². The number of amides is 1. The van der Waals surface area contributed by atoms with E-state index >= 15 is 0 Å². The lowest BCUT2D eigenvalue weighted by Gasteiger charge is -2.19. The highest BCUT2D eigenvalue weighted by atomic mass is 16.5. The fraction of sp³-hybridized carbons (Fsp3) is 0.276. The SMILES string of the molecule is CCN(C)c1ccc(/C=C/C(=O)NO)cc1N.C\C=C/C=C\C=C(/C)CN(C)Cc1ccccc1. The van der Waals surface area contributed by atoms with E-state index in [1.165, 1.54) is 22.7 Å². The van der Waals surface area contributed by atoms with E-state index in [4.69, 9.17) is 10.9 Å². The zero-order valence-electron chi connectivity index (χ0n) is 21.6. The van der Waals surface area contributed by atoms with Crippen LogP contribution in [0.25, 0.3) is 6.08 Å². The van der Waals surface area contributed by atoms with Crippen LogP contribution in [0.2, 0.25) is 0 Å². The molecule has 2 aromatic carbocycles. The Balaban J connectivity index is 0.000000351. The van der Waals surface area contributed by atoms with Gasteiger partial charge in [0.1, 0.15) is 0 Å². The Hall–Kier alpha value is -3.61. The minimum Gasteiger partial charge on any atom is -0.397 e. The third-order valence-corrected chi connectivity index (χ3v) is 5.08. The quantitative estimate of drug-likeness (QED) is 0.140. The Bertz CT molecular complexity index is 1010. The smallest absolute Gasteiger partial charge is 0.267 e. The third kappa shape index (κ3) is 12.4. The summed E-state index contributed by atoms with van der Waals surface area (Å²) in [6, 6.07) is 16.1. The number of hydrogen-bond donors (Lipinski definition) is 3. The molecule has 0 spiro atoms. The lowest BCUT2D eigenvalue weighted by molar-refractivity contribution is -0.124. The van der Waals surface area contributed by atoms with Crippen LogP contribution >= 0.6 is 0 Å². The minimum atomic E-state index is -0.571. The fourth-order valence-electron chi connectivity index (χ4n) is 3.23. The summed E-state index contributed by atoms with van der Waals surface area (Å²) >= 11 is 0. The first-order chi connectivity index (χ1) is 16.8. The summed E-state index contributed by atoms with van der Waals surface area (Å²) in [7, 11) is 4.11.